The van der Waals surface area contributed by atoms with Crippen LogP contribution in [0.4, 0.5) is 0 Å². The molecule has 0 aliphatic carbocycles. The van der Waals surface area contributed by atoms with E-state index in [-0.39, 0.29) is 16.0 Å². The molecule has 0 saturated heterocycles. The molecule has 0 amide bonds. The first-order valence-corrected chi connectivity index (χ1v) is 7.12. The Labute approximate surface area is 116 Å². The smallest absolute Gasteiger partial charge is 0.335 e. The molecule has 1 aromatic rings. The van der Waals surface area contributed by atoms with Crippen LogP contribution in [0.5, 0.6) is 0 Å². The molecule has 0 saturated carbocycles. The Hall–Kier alpha value is -1.93. The van der Waals surface area contributed by atoms with Gasteiger partial charge in [-0.15, -0.1) is 0 Å². The Morgan fingerprint density at radius 3 is 2.45 bits per heavy atom. The molecule has 1 atom stereocenters. The third-order valence-corrected chi connectivity index (χ3v) is 4.38. The maximum absolute atomic E-state index is 12.1. The fourth-order valence-corrected chi connectivity index (χ4v) is 3.12. The minimum absolute atomic E-state index is 0.101. The van der Waals surface area contributed by atoms with Gasteiger partial charge in [0.25, 0.3) is 0 Å². The third-order valence-electron chi connectivity index (χ3n) is 2.69. The van der Waals surface area contributed by atoms with Crippen molar-refractivity contribution in [2.24, 2.45) is 0 Å². The molecule has 20 heavy (non-hydrogen) atoms. The SMILES string of the molecule is COC(=O)C(C)NS(=O)(=O)c1cccc(C(=O)O)c1C. The van der Waals surface area contributed by atoms with Crippen molar-refractivity contribution >= 4 is 22.0 Å². The molecule has 1 rings (SSSR count). The van der Waals surface area contributed by atoms with Gasteiger partial charge in [0.1, 0.15) is 6.04 Å². The highest BCUT2D eigenvalue weighted by atomic mass is 32.2. The van der Waals surface area contributed by atoms with Crippen LogP contribution in [0.25, 0.3) is 0 Å². The number of hydrogen-bond donors (Lipinski definition) is 2. The maximum Gasteiger partial charge on any atom is 0.335 e. The lowest BCUT2D eigenvalue weighted by Gasteiger charge is -2.14. The predicted octanol–water partition coefficient (Wildman–Crippen LogP) is 0.533. The van der Waals surface area contributed by atoms with Gasteiger partial charge in [-0.3, -0.25) is 4.79 Å². The zero-order valence-corrected chi connectivity index (χ0v) is 12.0. The molecule has 0 radical (unpaired) electrons. The summed E-state index contributed by atoms with van der Waals surface area (Å²) in [6, 6.07) is 2.83. The van der Waals surface area contributed by atoms with Crippen LogP contribution in [0.3, 0.4) is 0 Å². The van der Waals surface area contributed by atoms with Crippen LogP contribution in [0.1, 0.15) is 22.8 Å². The average molecular weight is 301 g/mol. The fraction of sp³-hybridized carbons (Fsp3) is 0.333. The normalized spacial score (nSPS) is 12.8. The topological polar surface area (TPSA) is 110 Å². The average Bonchev–Trinajstić information content (AvgIpc) is 2.36. The van der Waals surface area contributed by atoms with E-state index < -0.39 is 28.0 Å². The Morgan fingerprint density at radius 2 is 1.95 bits per heavy atom. The molecule has 1 aromatic carbocycles. The first kappa shape index (κ1) is 16.1. The number of ether oxygens (including phenoxy) is 1. The van der Waals surface area contributed by atoms with Crippen molar-refractivity contribution in [3.05, 3.63) is 29.3 Å². The molecule has 0 aromatic heterocycles. The Morgan fingerprint density at radius 1 is 1.35 bits per heavy atom. The summed E-state index contributed by atoms with van der Waals surface area (Å²) < 4.78 is 30.9. The van der Waals surface area contributed by atoms with Gasteiger partial charge in [0, 0.05) is 0 Å². The molecule has 8 heteroatoms. The van der Waals surface area contributed by atoms with E-state index >= 15 is 0 Å². The van der Waals surface area contributed by atoms with Gasteiger partial charge >= 0.3 is 11.9 Å². The second-order valence-electron chi connectivity index (χ2n) is 4.10. The summed E-state index contributed by atoms with van der Waals surface area (Å²) >= 11 is 0. The molecule has 0 aliphatic heterocycles. The summed E-state index contributed by atoms with van der Waals surface area (Å²) in [5.41, 5.74) is -0.0110. The largest absolute Gasteiger partial charge is 0.478 e. The van der Waals surface area contributed by atoms with E-state index in [4.69, 9.17) is 5.11 Å². The fourth-order valence-electron chi connectivity index (χ4n) is 1.66. The quantitative estimate of drug-likeness (QED) is 0.768. The summed E-state index contributed by atoms with van der Waals surface area (Å²) in [4.78, 5) is 22.0. The minimum Gasteiger partial charge on any atom is -0.478 e. The molecular formula is C12H15NO6S. The maximum atomic E-state index is 12.1. The number of hydrogen-bond acceptors (Lipinski definition) is 5. The van der Waals surface area contributed by atoms with E-state index in [1.165, 1.54) is 32.0 Å². The van der Waals surface area contributed by atoms with Crippen molar-refractivity contribution in [1.82, 2.24) is 4.72 Å². The van der Waals surface area contributed by atoms with Gasteiger partial charge in [-0.2, -0.15) is 4.72 Å². The summed E-state index contributed by atoms with van der Waals surface area (Å²) in [5.74, 6) is -1.96. The van der Waals surface area contributed by atoms with Crippen molar-refractivity contribution in [3.63, 3.8) is 0 Å². The number of sulfonamides is 1. The second-order valence-corrected chi connectivity index (χ2v) is 5.78. The van der Waals surface area contributed by atoms with E-state index in [0.717, 1.165) is 7.11 Å². The van der Waals surface area contributed by atoms with E-state index in [0.29, 0.717) is 0 Å². The Kier molecular flexibility index (Phi) is 4.85. The lowest BCUT2D eigenvalue weighted by atomic mass is 10.1. The number of methoxy groups -OCH3 is 1. The number of nitrogens with one attached hydrogen (secondary N) is 1. The van der Waals surface area contributed by atoms with Crippen LogP contribution in [-0.2, 0) is 19.6 Å². The lowest BCUT2D eigenvalue weighted by molar-refractivity contribution is -0.142. The van der Waals surface area contributed by atoms with Crippen LogP contribution in [0.15, 0.2) is 23.1 Å². The third kappa shape index (κ3) is 3.34. The minimum atomic E-state index is -4.02. The highest BCUT2D eigenvalue weighted by Crippen LogP contribution is 2.19. The van der Waals surface area contributed by atoms with Gasteiger partial charge in [-0.1, -0.05) is 6.07 Å². The lowest BCUT2D eigenvalue weighted by Crippen LogP contribution is -2.39. The number of rotatable bonds is 5. The van der Waals surface area contributed by atoms with Crippen LogP contribution in [0.2, 0.25) is 0 Å². The molecule has 110 valence electrons. The number of carboxylic acid groups (broad SMARTS) is 1. The standard InChI is InChI=1S/C12H15NO6S/c1-7-9(11(14)15)5-4-6-10(7)20(17,18)13-8(2)12(16)19-3/h4-6,8,13H,1-3H3,(H,14,15). The van der Waals surface area contributed by atoms with E-state index in [1.807, 2.05) is 0 Å². The molecule has 7 nitrogen and oxygen atoms in total. The monoisotopic (exact) mass is 301 g/mol. The number of carbonyl (C=O) groups is 2. The molecule has 0 bridgehead atoms. The zero-order chi connectivity index (χ0) is 15.5. The second kappa shape index (κ2) is 6.02. The summed E-state index contributed by atoms with van der Waals surface area (Å²) in [5, 5.41) is 8.97. The van der Waals surface area contributed by atoms with Gasteiger partial charge in [0.15, 0.2) is 0 Å². The molecule has 0 aliphatic rings. The van der Waals surface area contributed by atoms with E-state index in [2.05, 4.69) is 9.46 Å². The molecule has 1 unspecified atom stereocenters. The zero-order valence-electron chi connectivity index (χ0n) is 11.2. The van der Waals surface area contributed by atoms with Crippen molar-refractivity contribution in [3.8, 4) is 0 Å². The Bertz CT molecular complexity index is 637. The highest BCUT2D eigenvalue weighted by Gasteiger charge is 2.25. The molecule has 0 fully saturated rings. The number of carbonyl (C=O) groups excluding carboxylic acids is 1. The summed E-state index contributed by atoms with van der Waals surface area (Å²) in [6.07, 6.45) is 0. The molecule has 0 spiro atoms. The van der Waals surface area contributed by atoms with Crippen LogP contribution in [-0.4, -0.2) is 38.6 Å². The van der Waals surface area contributed by atoms with Crippen LogP contribution >= 0.6 is 0 Å². The molecule has 0 heterocycles. The van der Waals surface area contributed by atoms with Crippen molar-refractivity contribution in [2.75, 3.05) is 7.11 Å². The van der Waals surface area contributed by atoms with Gasteiger partial charge in [0.2, 0.25) is 10.0 Å². The molecular weight excluding hydrogens is 286 g/mol. The first-order valence-electron chi connectivity index (χ1n) is 5.63. The highest BCUT2D eigenvalue weighted by molar-refractivity contribution is 7.89. The van der Waals surface area contributed by atoms with Crippen molar-refractivity contribution in [1.29, 1.82) is 0 Å². The van der Waals surface area contributed by atoms with Crippen LogP contribution < -0.4 is 4.72 Å². The van der Waals surface area contributed by atoms with Crippen LogP contribution in [0, 0.1) is 6.92 Å². The number of carboxylic acids is 1. The number of aromatic carboxylic acids is 1. The summed E-state index contributed by atoms with van der Waals surface area (Å²) in [6.45, 7) is 2.72. The van der Waals surface area contributed by atoms with Gasteiger partial charge in [0.05, 0.1) is 17.6 Å². The van der Waals surface area contributed by atoms with Gasteiger partial charge in [-0.05, 0) is 31.5 Å². The number of benzene rings is 1. The summed E-state index contributed by atoms with van der Waals surface area (Å²) in [7, 11) is -2.87. The van der Waals surface area contributed by atoms with Crippen molar-refractivity contribution < 1.29 is 27.9 Å². The predicted molar refractivity (Wildman–Crippen MR) is 69.9 cm³/mol. The first-order chi connectivity index (χ1) is 9.20. The van der Waals surface area contributed by atoms with E-state index in [9.17, 15) is 18.0 Å². The van der Waals surface area contributed by atoms with E-state index in [1.54, 1.807) is 0 Å². The number of esters is 1. The van der Waals surface area contributed by atoms with Gasteiger partial charge in [-0.25, -0.2) is 13.2 Å². The molecule has 2 N–H and O–H groups in total. The van der Waals surface area contributed by atoms with Gasteiger partial charge < -0.3 is 9.84 Å². The van der Waals surface area contributed by atoms with Crippen molar-refractivity contribution in [2.45, 2.75) is 24.8 Å². The Balaban J connectivity index is 3.20.